The van der Waals surface area contributed by atoms with Gasteiger partial charge in [-0.1, -0.05) is 30.3 Å². The standard InChI is InChI=1S/C16H15N3O2/c1-10(2)19-14(11-6-4-3-5-7-11)12(16(20)21)13-15(19)18-9-8-17-13/h3-10H,1-2H3,(H,20,21). The van der Waals surface area contributed by atoms with Gasteiger partial charge in [0.1, 0.15) is 11.1 Å². The van der Waals surface area contributed by atoms with Crippen LogP contribution in [-0.2, 0) is 0 Å². The molecular weight excluding hydrogens is 266 g/mol. The topological polar surface area (TPSA) is 68.0 Å². The van der Waals surface area contributed by atoms with Crippen LogP contribution in [0.2, 0.25) is 0 Å². The molecule has 0 radical (unpaired) electrons. The summed E-state index contributed by atoms with van der Waals surface area (Å²) in [4.78, 5) is 20.3. The zero-order valence-electron chi connectivity index (χ0n) is 11.8. The molecule has 0 saturated heterocycles. The highest BCUT2D eigenvalue weighted by Crippen LogP contribution is 2.34. The Morgan fingerprint density at radius 3 is 2.43 bits per heavy atom. The van der Waals surface area contributed by atoms with Gasteiger partial charge in [-0.05, 0) is 19.4 Å². The first-order valence-corrected chi connectivity index (χ1v) is 6.75. The lowest BCUT2D eigenvalue weighted by Gasteiger charge is -2.14. The van der Waals surface area contributed by atoms with Gasteiger partial charge in [-0.3, -0.25) is 4.98 Å². The van der Waals surface area contributed by atoms with Gasteiger partial charge in [-0.2, -0.15) is 0 Å². The molecule has 0 unspecified atom stereocenters. The molecule has 2 heterocycles. The summed E-state index contributed by atoms with van der Waals surface area (Å²) in [6, 6.07) is 9.57. The number of rotatable bonds is 3. The third-order valence-electron chi connectivity index (χ3n) is 3.40. The zero-order valence-corrected chi connectivity index (χ0v) is 11.8. The van der Waals surface area contributed by atoms with Crippen molar-refractivity contribution in [3.05, 3.63) is 48.3 Å². The van der Waals surface area contributed by atoms with Gasteiger partial charge in [-0.15, -0.1) is 0 Å². The van der Waals surface area contributed by atoms with E-state index in [4.69, 9.17) is 0 Å². The van der Waals surface area contributed by atoms with Gasteiger partial charge in [-0.25, -0.2) is 9.78 Å². The monoisotopic (exact) mass is 281 g/mol. The maximum atomic E-state index is 11.8. The lowest BCUT2D eigenvalue weighted by Crippen LogP contribution is -2.06. The summed E-state index contributed by atoms with van der Waals surface area (Å²) < 4.78 is 1.93. The molecule has 1 aromatic carbocycles. The highest BCUT2D eigenvalue weighted by Gasteiger charge is 2.26. The van der Waals surface area contributed by atoms with Crippen LogP contribution in [-0.4, -0.2) is 25.6 Å². The molecule has 0 amide bonds. The second-order valence-electron chi connectivity index (χ2n) is 5.09. The fourth-order valence-electron chi connectivity index (χ4n) is 2.61. The van der Waals surface area contributed by atoms with Gasteiger partial charge in [0.25, 0.3) is 0 Å². The van der Waals surface area contributed by atoms with E-state index in [1.807, 2.05) is 48.7 Å². The van der Waals surface area contributed by atoms with Crippen LogP contribution in [0.4, 0.5) is 0 Å². The lowest BCUT2D eigenvalue weighted by atomic mass is 10.1. The van der Waals surface area contributed by atoms with Crippen LogP contribution in [0.25, 0.3) is 22.4 Å². The minimum Gasteiger partial charge on any atom is -0.478 e. The van der Waals surface area contributed by atoms with E-state index in [9.17, 15) is 9.90 Å². The maximum Gasteiger partial charge on any atom is 0.340 e. The van der Waals surface area contributed by atoms with Gasteiger partial charge in [0.05, 0.1) is 5.69 Å². The number of aromatic carboxylic acids is 1. The molecule has 3 rings (SSSR count). The molecule has 0 aliphatic carbocycles. The maximum absolute atomic E-state index is 11.8. The third-order valence-corrected chi connectivity index (χ3v) is 3.40. The van der Waals surface area contributed by atoms with Crippen molar-refractivity contribution in [1.29, 1.82) is 0 Å². The summed E-state index contributed by atoms with van der Waals surface area (Å²) in [5.74, 6) is -0.987. The van der Waals surface area contributed by atoms with Gasteiger partial charge >= 0.3 is 5.97 Å². The molecule has 106 valence electrons. The number of carboxylic acids is 1. The molecular formula is C16H15N3O2. The zero-order chi connectivity index (χ0) is 15.0. The van der Waals surface area contributed by atoms with Crippen molar-refractivity contribution in [3.8, 4) is 11.3 Å². The van der Waals surface area contributed by atoms with Crippen molar-refractivity contribution in [2.75, 3.05) is 0 Å². The van der Waals surface area contributed by atoms with Crippen molar-refractivity contribution in [2.45, 2.75) is 19.9 Å². The SMILES string of the molecule is CC(C)n1c(-c2ccccc2)c(C(=O)O)c2nccnc21. The average Bonchev–Trinajstić information content (AvgIpc) is 2.83. The van der Waals surface area contributed by atoms with Crippen LogP contribution in [0.5, 0.6) is 0 Å². The lowest BCUT2D eigenvalue weighted by molar-refractivity contribution is 0.0699. The van der Waals surface area contributed by atoms with Crippen molar-refractivity contribution in [2.24, 2.45) is 0 Å². The Bertz CT molecular complexity index is 807. The number of aromatic nitrogens is 3. The molecule has 21 heavy (non-hydrogen) atoms. The summed E-state index contributed by atoms with van der Waals surface area (Å²) in [5.41, 5.74) is 2.74. The predicted molar refractivity (Wildman–Crippen MR) is 80.3 cm³/mol. The Kier molecular flexibility index (Phi) is 3.17. The second kappa shape index (κ2) is 5.01. The molecule has 0 atom stereocenters. The van der Waals surface area contributed by atoms with Crippen LogP contribution in [0.3, 0.4) is 0 Å². The Balaban J connectivity index is 2.48. The normalized spacial score (nSPS) is 11.2. The van der Waals surface area contributed by atoms with E-state index in [2.05, 4.69) is 9.97 Å². The summed E-state index contributed by atoms with van der Waals surface area (Å²) in [6.45, 7) is 4.01. The molecule has 0 aliphatic heterocycles. The predicted octanol–water partition coefficient (Wildman–Crippen LogP) is 3.38. The molecule has 0 bridgehead atoms. The largest absolute Gasteiger partial charge is 0.478 e. The fourth-order valence-corrected chi connectivity index (χ4v) is 2.61. The van der Waals surface area contributed by atoms with Gasteiger partial charge in [0, 0.05) is 18.4 Å². The molecule has 3 aromatic rings. The third kappa shape index (κ3) is 2.07. The number of carboxylic acid groups (broad SMARTS) is 1. The number of fused-ring (bicyclic) bond motifs is 1. The summed E-state index contributed by atoms with van der Waals surface area (Å²) in [6.07, 6.45) is 3.11. The van der Waals surface area contributed by atoms with E-state index in [-0.39, 0.29) is 11.6 Å². The Hall–Kier alpha value is -2.69. The van der Waals surface area contributed by atoms with Crippen molar-refractivity contribution in [1.82, 2.24) is 14.5 Å². The van der Waals surface area contributed by atoms with E-state index >= 15 is 0 Å². The quantitative estimate of drug-likeness (QED) is 0.799. The average molecular weight is 281 g/mol. The first kappa shape index (κ1) is 13.3. The molecule has 0 aliphatic rings. The first-order chi connectivity index (χ1) is 10.1. The summed E-state index contributed by atoms with van der Waals surface area (Å²) in [7, 11) is 0. The second-order valence-corrected chi connectivity index (χ2v) is 5.09. The first-order valence-electron chi connectivity index (χ1n) is 6.75. The summed E-state index contributed by atoms with van der Waals surface area (Å²) in [5, 5.41) is 9.64. The number of carbonyl (C=O) groups is 1. The fraction of sp³-hybridized carbons (Fsp3) is 0.188. The van der Waals surface area contributed by atoms with Crippen LogP contribution in [0, 0.1) is 0 Å². The van der Waals surface area contributed by atoms with Gasteiger partial charge < -0.3 is 9.67 Å². The highest BCUT2D eigenvalue weighted by atomic mass is 16.4. The number of hydrogen-bond acceptors (Lipinski definition) is 3. The highest BCUT2D eigenvalue weighted by molar-refractivity contribution is 6.07. The minimum absolute atomic E-state index is 0.0764. The van der Waals surface area contributed by atoms with Crippen molar-refractivity contribution in [3.63, 3.8) is 0 Å². The number of benzene rings is 1. The summed E-state index contributed by atoms with van der Waals surface area (Å²) >= 11 is 0. The van der Waals surface area contributed by atoms with Crippen LogP contribution in [0.1, 0.15) is 30.2 Å². The Labute approximate surface area is 121 Å². The van der Waals surface area contributed by atoms with Crippen LogP contribution in [0.15, 0.2) is 42.7 Å². The Morgan fingerprint density at radius 1 is 1.14 bits per heavy atom. The minimum atomic E-state index is -0.987. The number of nitrogens with zero attached hydrogens (tertiary/aromatic N) is 3. The van der Waals surface area contributed by atoms with E-state index in [1.165, 1.54) is 6.20 Å². The van der Waals surface area contributed by atoms with Crippen molar-refractivity contribution < 1.29 is 9.90 Å². The van der Waals surface area contributed by atoms with Crippen LogP contribution >= 0.6 is 0 Å². The van der Waals surface area contributed by atoms with Gasteiger partial charge in [0.15, 0.2) is 5.65 Å². The van der Waals surface area contributed by atoms with Gasteiger partial charge in [0.2, 0.25) is 0 Å². The molecule has 0 spiro atoms. The van der Waals surface area contributed by atoms with E-state index in [0.29, 0.717) is 16.9 Å². The molecule has 5 heteroatoms. The van der Waals surface area contributed by atoms with E-state index in [0.717, 1.165) is 5.56 Å². The molecule has 5 nitrogen and oxygen atoms in total. The van der Waals surface area contributed by atoms with E-state index < -0.39 is 5.97 Å². The smallest absolute Gasteiger partial charge is 0.340 e. The molecule has 2 aromatic heterocycles. The Morgan fingerprint density at radius 2 is 1.81 bits per heavy atom. The van der Waals surface area contributed by atoms with Crippen molar-refractivity contribution >= 4 is 17.1 Å². The molecule has 0 fully saturated rings. The number of hydrogen-bond donors (Lipinski definition) is 1. The van der Waals surface area contributed by atoms with E-state index in [1.54, 1.807) is 6.20 Å². The van der Waals surface area contributed by atoms with Crippen LogP contribution < -0.4 is 0 Å². The molecule has 1 N–H and O–H groups in total. The molecule has 0 saturated carbocycles.